The standard InChI is InChI=1S/C19H26N2O4/c1-13(2)21(12-17(22)23)19(25)16-9-7-14(8-10-16)11-20-18(24)15-5-3-4-6-15/h7-10,13,15H,3-6,11-12H2,1-2H3,(H,20,24)(H,22,23). The molecule has 1 fully saturated rings. The first-order valence-corrected chi connectivity index (χ1v) is 8.78. The molecule has 0 unspecified atom stereocenters. The number of carboxylic acids is 1. The van der Waals surface area contributed by atoms with Crippen LogP contribution < -0.4 is 5.32 Å². The fourth-order valence-electron chi connectivity index (χ4n) is 3.09. The first-order valence-electron chi connectivity index (χ1n) is 8.78. The van der Waals surface area contributed by atoms with Crippen LogP contribution in [0.3, 0.4) is 0 Å². The smallest absolute Gasteiger partial charge is 0.323 e. The number of nitrogens with zero attached hydrogens (tertiary/aromatic N) is 1. The van der Waals surface area contributed by atoms with Gasteiger partial charge in [-0.15, -0.1) is 0 Å². The minimum atomic E-state index is -1.03. The van der Waals surface area contributed by atoms with Crippen molar-refractivity contribution in [3.8, 4) is 0 Å². The molecule has 6 heteroatoms. The van der Waals surface area contributed by atoms with E-state index in [1.165, 1.54) is 4.90 Å². The number of nitrogens with one attached hydrogen (secondary N) is 1. The van der Waals surface area contributed by atoms with Gasteiger partial charge in [-0.05, 0) is 44.4 Å². The van der Waals surface area contributed by atoms with Gasteiger partial charge in [0.2, 0.25) is 5.91 Å². The summed E-state index contributed by atoms with van der Waals surface area (Å²) in [6.07, 6.45) is 4.18. The third kappa shape index (κ3) is 5.31. The van der Waals surface area contributed by atoms with Crippen LogP contribution in [0.25, 0.3) is 0 Å². The number of amides is 2. The summed E-state index contributed by atoms with van der Waals surface area (Å²) in [7, 11) is 0. The number of aliphatic carboxylic acids is 1. The maximum atomic E-state index is 12.5. The Morgan fingerprint density at radius 3 is 2.28 bits per heavy atom. The number of carbonyl (C=O) groups is 3. The molecule has 2 N–H and O–H groups in total. The van der Waals surface area contributed by atoms with Gasteiger partial charge in [0, 0.05) is 24.1 Å². The van der Waals surface area contributed by atoms with Gasteiger partial charge in [-0.2, -0.15) is 0 Å². The van der Waals surface area contributed by atoms with E-state index in [1.807, 2.05) is 0 Å². The molecule has 0 aliphatic heterocycles. The molecule has 0 spiro atoms. The van der Waals surface area contributed by atoms with Crippen molar-refractivity contribution in [1.29, 1.82) is 0 Å². The molecule has 0 atom stereocenters. The van der Waals surface area contributed by atoms with Crippen LogP contribution in [0.1, 0.15) is 55.5 Å². The maximum absolute atomic E-state index is 12.5. The Kier molecular flexibility index (Phi) is 6.56. The van der Waals surface area contributed by atoms with Gasteiger partial charge in [0.05, 0.1) is 0 Å². The molecule has 136 valence electrons. The molecule has 2 amide bonds. The molecule has 0 radical (unpaired) electrons. The fourth-order valence-corrected chi connectivity index (χ4v) is 3.09. The molecule has 0 aromatic heterocycles. The van der Waals surface area contributed by atoms with Crippen LogP contribution in [-0.4, -0.2) is 40.4 Å². The summed E-state index contributed by atoms with van der Waals surface area (Å²) in [6.45, 7) is 3.68. The second-order valence-electron chi connectivity index (χ2n) is 6.82. The Balaban J connectivity index is 1.94. The van der Waals surface area contributed by atoms with Crippen LogP contribution in [0.4, 0.5) is 0 Å². The zero-order chi connectivity index (χ0) is 18.4. The molecule has 1 aliphatic carbocycles. The highest BCUT2D eigenvalue weighted by Crippen LogP contribution is 2.24. The third-order valence-electron chi connectivity index (χ3n) is 4.58. The van der Waals surface area contributed by atoms with Crippen molar-refractivity contribution >= 4 is 17.8 Å². The summed E-state index contributed by atoms with van der Waals surface area (Å²) in [4.78, 5) is 36.7. The van der Waals surface area contributed by atoms with Crippen LogP contribution in [0.5, 0.6) is 0 Å². The second kappa shape index (κ2) is 8.65. The molecule has 25 heavy (non-hydrogen) atoms. The average molecular weight is 346 g/mol. The van der Waals surface area contributed by atoms with Crippen molar-refractivity contribution in [2.75, 3.05) is 6.54 Å². The van der Waals surface area contributed by atoms with Gasteiger partial charge in [0.1, 0.15) is 6.54 Å². The number of rotatable bonds is 7. The molecule has 0 saturated heterocycles. The first-order chi connectivity index (χ1) is 11.9. The van der Waals surface area contributed by atoms with Crippen LogP contribution >= 0.6 is 0 Å². The molecular weight excluding hydrogens is 320 g/mol. The molecule has 2 rings (SSSR count). The monoisotopic (exact) mass is 346 g/mol. The summed E-state index contributed by atoms with van der Waals surface area (Å²) in [5.41, 5.74) is 1.36. The third-order valence-corrected chi connectivity index (χ3v) is 4.58. The highest BCUT2D eigenvalue weighted by molar-refractivity contribution is 5.96. The van der Waals surface area contributed by atoms with Crippen LogP contribution in [-0.2, 0) is 16.1 Å². The van der Waals surface area contributed by atoms with Crippen molar-refractivity contribution in [3.63, 3.8) is 0 Å². The Labute approximate surface area is 148 Å². The highest BCUT2D eigenvalue weighted by atomic mass is 16.4. The summed E-state index contributed by atoms with van der Waals surface area (Å²) in [5.74, 6) is -1.10. The SMILES string of the molecule is CC(C)N(CC(=O)O)C(=O)c1ccc(CNC(=O)C2CCCC2)cc1. The van der Waals surface area contributed by atoms with Gasteiger partial charge in [-0.1, -0.05) is 25.0 Å². The Bertz CT molecular complexity index is 619. The zero-order valence-corrected chi connectivity index (χ0v) is 14.8. The lowest BCUT2D eigenvalue weighted by atomic mass is 10.1. The summed E-state index contributed by atoms with van der Waals surface area (Å²) in [5, 5.41) is 11.9. The van der Waals surface area contributed by atoms with E-state index < -0.39 is 5.97 Å². The molecule has 1 aliphatic rings. The Morgan fingerprint density at radius 1 is 1.16 bits per heavy atom. The normalized spacial score (nSPS) is 14.5. The quantitative estimate of drug-likeness (QED) is 0.794. The molecule has 1 aromatic rings. The van der Waals surface area contributed by atoms with Gasteiger partial charge in [-0.25, -0.2) is 0 Å². The molecule has 6 nitrogen and oxygen atoms in total. The number of hydrogen-bond acceptors (Lipinski definition) is 3. The molecule has 1 aromatic carbocycles. The van der Waals surface area contributed by atoms with Gasteiger partial charge in [0.25, 0.3) is 5.91 Å². The first kappa shape index (κ1) is 19.0. The van der Waals surface area contributed by atoms with Crippen LogP contribution in [0.2, 0.25) is 0 Å². The second-order valence-corrected chi connectivity index (χ2v) is 6.82. The van der Waals surface area contributed by atoms with Gasteiger partial charge in [-0.3, -0.25) is 14.4 Å². The number of benzene rings is 1. The molecule has 0 bridgehead atoms. The van der Waals surface area contributed by atoms with E-state index in [-0.39, 0.29) is 30.3 Å². The van der Waals surface area contributed by atoms with Gasteiger partial charge in [0.15, 0.2) is 0 Å². The van der Waals surface area contributed by atoms with Crippen molar-refractivity contribution in [3.05, 3.63) is 35.4 Å². The van der Waals surface area contributed by atoms with Crippen LogP contribution in [0, 0.1) is 5.92 Å². The van der Waals surface area contributed by atoms with E-state index in [9.17, 15) is 14.4 Å². The Morgan fingerprint density at radius 2 is 1.76 bits per heavy atom. The van der Waals surface area contributed by atoms with E-state index in [0.29, 0.717) is 12.1 Å². The highest BCUT2D eigenvalue weighted by Gasteiger charge is 2.23. The maximum Gasteiger partial charge on any atom is 0.323 e. The van der Waals surface area contributed by atoms with Crippen molar-refractivity contribution in [2.45, 2.75) is 52.1 Å². The summed E-state index contributed by atoms with van der Waals surface area (Å²) in [6, 6.07) is 6.74. The van der Waals surface area contributed by atoms with E-state index in [0.717, 1.165) is 31.2 Å². The van der Waals surface area contributed by atoms with Crippen molar-refractivity contribution in [2.24, 2.45) is 5.92 Å². The fraction of sp³-hybridized carbons (Fsp3) is 0.526. The summed E-state index contributed by atoms with van der Waals surface area (Å²) >= 11 is 0. The van der Waals surface area contributed by atoms with E-state index >= 15 is 0 Å². The van der Waals surface area contributed by atoms with E-state index in [1.54, 1.807) is 38.1 Å². The largest absolute Gasteiger partial charge is 0.480 e. The molecule has 0 heterocycles. The predicted octanol–water partition coefficient (Wildman–Crippen LogP) is 2.43. The zero-order valence-electron chi connectivity index (χ0n) is 14.8. The number of carboxylic acid groups (broad SMARTS) is 1. The molecular formula is C19H26N2O4. The van der Waals surface area contributed by atoms with Crippen LogP contribution in [0.15, 0.2) is 24.3 Å². The minimum Gasteiger partial charge on any atom is -0.480 e. The Hall–Kier alpha value is -2.37. The predicted molar refractivity (Wildman–Crippen MR) is 94.1 cm³/mol. The lowest BCUT2D eigenvalue weighted by Gasteiger charge is -2.25. The van der Waals surface area contributed by atoms with Crippen molar-refractivity contribution < 1.29 is 19.5 Å². The van der Waals surface area contributed by atoms with E-state index in [2.05, 4.69) is 5.32 Å². The van der Waals surface area contributed by atoms with Crippen molar-refractivity contribution in [1.82, 2.24) is 10.2 Å². The lowest BCUT2D eigenvalue weighted by molar-refractivity contribution is -0.138. The summed E-state index contributed by atoms with van der Waals surface area (Å²) < 4.78 is 0. The number of carbonyl (C=O) groups excluding carboxylic acids is 2. The van der Waals surface area contributed by atoms with Gasteiger partial charge >= 0.3 is 5.97 Å². The topological polar surface area (TPSA) is 86.7 Å². The lowest BCUT2D eigenvalue weighted by Crippen LogP contribution is -2.40. The van der Waals surface area contributed by atoms with Gasteiger partial charge < -0.3 is 15.3 Å². The average Bonchev–Trinajstić information content (AvgIpc) is 3.11. The molecule has 1 saturated carbocycles. The van der Waals surface area contributed by atoms with E-state index in [4.69, 9.17) is 5.11 Å². The number of hydrogen-bond donors (Lipinski definition) is 2. The minimum absolute atomic E-state index is 0.102.